The molecule has 0 unspecified atom stereocenters. The Morgan fingerprint density at radius 1 is 1.03 bits per heavy atom. The highest BCUT2D eigenvalue weighted by Crippen LogP contribution is 2.23. The van der Waals surface area contributed by atoms with Crippen LogP contribution in [0.4, 0.5) is 0 Å². The van der Waals surface area contributed by atoms with Crippen LogP contribution in [0.3, 0.4) is 0 Å². The highest BCUT2D eigenvalue weighted by molar-refractivity contribution is 5.98. The molecule has 0 saturated carbocycles. The number of hydrogen-bond acceptors (Lipinski definition) is 4. The predicted molar refractivity (Wildman–Crippen MR) is 127 cm³/mol. The van der Waals surface area contributed by atoms with E-state index in [-0.39, 0.29) is 23.6 Å². The van der Waals surface area contributed by atoms with Gasteiger partial charge in [-0.3, -0.25) is 14.4 Å². The molecule has 0 aliphatic carbocycles. The Morgan fingerprint density at radius 3 is 2.33 bits per heavy atom. The molecule has 1 aliphatic heterocycles. The molecule has 1 saturated heterocycles. The van der Waals surface area contributed by atoms with Crippen molar-refractivity contribution < 1.29 is 19.1 Å². The van der Waals surface area contributed by atoms with Gasteiger partial charge in [-0.15, -0.1) is 0 Å². The van der Waals surface area contributed by atoms with Gasteiger partial charge in [0, 0.05) is 37.9 Å². The minimum Gasteiger partial charge on any atom is -0.383 e. The summed E-state index contributed by atoms with van der Waals surface area (Å²) in [7, 11) is 1.57. The van der Waals surface area contributed by atoms with Gasteiger partial charge < -0.3 is 20.3 Å². The van der Waals surface area contributed by atoms with Crippen LogP contribution in [0.2, 0.25) is 0 Å². The van der Waals surface area contributed by atoms with Crippen LogP contribution in [0.5, 0.6) is 0 Å². The number of likely N-dealkylation sites (tertiary alicyclic amines) is 1. The smallest absolute Gasteiger partial charge is 0.254 e. The number of amides is 3. The number of carbonyl (C=O) groups is 3. The molecule has 33 heavy (non-hydrogen) atoms. The lowest BCUT2D eigenvalue weighted by Gasteiger charge is -2.36. The van der Waals surface area contributed by atoms with E-state index in [1.165, 1.54) is 0 Å². The summed E-state index contributed by atoms with van der Waals surface area (Å²) < 4.78 is 5.02. The highest BCUT2D eigenvalue weighted by Gasteiger charge is 2.34. The van der Waals surface area contributed by atoms with Crippen LogP contribution < -0.4 is 10.6 Å². The minimum atomic E-state index is -0.675. The lowest BCUT2D eigenvalue weighted by Crippen LogP contribution is -2.54. The Balaban J connectivity index is 1.68. The molecule has 2 N–H and O–H groups in total. The van der Waals surface area contributed by atoms with E-state index < -0.39 is 6.04 Å². The maximum atomic E-state index is 13.0. The van der Waals surface area contributed by atoms with Crippen LogP contribution in [-0.4, -0.2) is 62.0 Å². The predicted octanol–water partition coefficient (Wildman–Crippen LogP) is 2.72. The van der Waals surface area contributed by atoms with Crippen molar-refractivity contribution in [3.05, 3.63) is 70.8 Å². The Morgan fingerprint density at radius 2 is 1.70 bits per heavy atom. The lowest BCUT2D eigenvalue weighted by molar-refractivity contribution is -0.124. The fourth-order valence-corrected chi connectivity index (χ4v) is 4.13. The Hall–Kier alpha value is -3.19. The molecular formula is C26H33N3O4. The second-order valence-electron chi connectivity index (χ2n) is 8.55. The fraction of sp³-hybridized carbons (Fsp3) is 0.423. The Bertz CT molecular complexity index is 966. The summed E-state index contributed by atoms with van der Waals surface area (Å²) >= 11 is 0. The molecule has 0 spiro atoms. The van der Waals surface area contributed by atoms with Gasteiger partial charge >= 0.3 is 0 Å². The second-order valence-corrected chi connectivity index (χ2v) is 8.55. The SMILES string of the molecule is COCCNC(=O)[C@@H](NC(=O)c1ccc(C)cc1)C1CCN(C(=O)c2ccccc2C)CC1. The van der Waals surface area contributed by atoms with Crippen LogP contribution in [0, 0.1) is 19.8 Å². The van der Waals surface area contributed by atoms with Gasteiger partial charge in [0.15, 0.2) is 0 Å². The van der Waals surface area contributed by atoms with Crippen LogP contribution in [0.1, 0.15) is 44.7 Å². The summed E-state index contributed by atoms with van der Waals surface area (Å²) in [4.78, 5) is 40.6. The summed E-state index contributed by atoms with van der Waals surface area (Å²) in [6.07, 6.45) is 1.27. The van der Waals surface area contributed by atoms with Crippen molar-refractivity contribution >= 4 is 17.7 Å². The highest BCUT2D eigenvalue weighted by atomic mass is 16.5. The molecular weight excluding hydrogens is 418 g/mol. The summed E-state index contributed by atoms with van der Waals surface area (Å²) in [5.41, 5.74) is 3.23. The first kappa shape index (κ1) is 24.5. The van der Waals surface area contributed by atoms with Gasteiger partial charge in [-0.2, -0.15) is 0 Å². The zero-order valence-corrected chi connectivity index (χ0v) is 19.6. The Kier molecular flexibility index (Phi) is 8.60. The molecule has 0 aromatic heterocycles. The summed E-state index contributed by atoms with van der Waals surface area (Å²) in [5, 5.41) is 5.79. The maximum absolute atomic E-state index is 13.0. The average Bonchev–Trinajstić information content (AvgIpc) is 2.83. The number of methoxy groups -OCH3 is 1. The van der Waals surface area contributed by atoms with Crippen LogP contribution in [0.25, 0.3) is 0 Å². The van der Waals surface area contributed by atoms with Gasteiger partial charge in [-0.1, -0.05) is 35.9 Å². The van der Waals surface area contributed by atoms with Crippen LogP contribution >= 0.6 is 0 Å². The average molecular weight is 452 g/mol. The fourth-order valence-electron chi connectivity index (χ4n) is 4.13. The van der Waals surface area contributed by atoms with Gasteiger partial charge in [0.25, 0.3) is 11.8 Å². The van der Waals surface area contributed by atoms with Gasteiger partial charge in [0.2, 0.25) is 5.91 Å². The molecule has 7 nitrogen and oxygen atoms in total. The molecule has 2 aromatic rings. The third kappa shape index (κ3) is 6.42. The molecule has 3 rings (SSSR count). The van der Waals surface area contributed by atoms with Gasteiger partial charge in [-0.25, -0.2) is 0 Å². The number of rotatable bonds is 8. The summed E-state index contributed by atoms with van der Waals surface area (Å²) in [6, 6.07) is 14.2. The van der Waals surface area contributed by atoms with Crippen LogP contribution in [-0.2, 0) is 9.53 Å². The van der Waals surface area contributed by atoms with E-state index in [2.05, 4.69) is 10.6 Å². The first-order valence-corrected chi connectivity index (χ1v) is 11.4. The maximum Gasteiger partial charge on any atom is 0.254 e. The minimum absolute atomic E-state index is 0.0105. The summed E-state index contributed by atoms with van der Waals surface area (Å²) in [6.45, 7) is 5.74. The molecule has 1 fully saturated rings. The number of nitrogens with one attached hydrogen (secondary N) is 2. The van der Waals surface area contributed by atoms with Gasteiger partial charge in [0.1, 0.15) is 6.04 Å². The molecule has 2 aromatic carbocycles. The molecule has 1 atom stereocenters. The first-order valence-electron chi connectivity index (χ1n) is 11.4. The van der Waals surface area contributed by atoms with Crippen molar-refractivity contribution in [2.75, 3.05) is 33.4 Å². The van der Waals surface area contributed by atoms with Gasteiger partial charge in [0.05, 0.1) is 6.61 Å². The molecule has 1 aliphatic rings. The zero-order valence-electron chi connectivity index (χ0n) is 19.6. The first-order chi connectivity index (χ1) is 15.9. The van der Waals surface area contributed by atoms with Crippen molar-refractivity contribution in [3.8, 4) is 0 Å². The van der Waals surface area contributed by atoms with E-state index in [1.807, 2.05) is 55.1 Å². The quantitative estimate of drug-likeness (QED) is 0.604. The lowest BCUT2D eigenvalue weighted by atomic mass is 9.88. The number of hydrogen-bond donors (Lipinski definition) is 2. The number of ether oxygens (including phenoxy) is 1. The van der Waals surface area contributed by atoms with E-state index in [1.54, 1.807) is 19.2 Å². The van der Waals surface area contributed by atoms with Crippen molar-refractivity contribution in [1.29, 1.82) is 0 Å². The largest absolute Gasteiger partial charge is 0.383 e. The van der Waals surface area contributed by atoms with Gasteiger partial charge in [-0.05, 0) is 56.4 Å². The monoisotopic (exact) mass is 451 g/mol. The van der Waals surface area contributed by atoms with Crippen molar-refractivity contribution in [3.63, 3.8) is 0 Å². The van der Waals surface area contributed by atoms with E-state index in [4.69, 9.17) is 4.74 Å². The standard InChI is InChI=1S/C26H33N3O4/c1-18-8-10-21(11-9-18)24(30)28-23(25(31)27-14-17-33-3)20-12-15-29(16-13-20)26(32)22-7-5-4-6-19(22)2/h4-11,20,23H,12-17H2,1-3H3,(H,27,31)(H,28,30)/t23-/m0/s1. The number of benzene rings is 2. The topological polar surface area (TPSA) is 87.7 Å². The number of carbonyl (C=O) groups excluding carboxylic acids is 3. The molecule has 1 heterocycles. The zero-order chi connectivity index (χ0) is 23.8. The number of piperidine rings is 1. The van der Waals surface area contributed by atoms with Crippen molar-refractivity contribution in [1.82, 2.24) is 15.5 Å². The molecule has 0 bridgehead atoms. The molecule has 176 valence electrons. The third-order valence-electron chi connectivity index (χ3n) is 6.16. The van der Waals surface area contributed by atoms with E-state index in [0.717, 1.165) is 11.1 Å². The van der Waals surface area contributed by atoms with Crippen molar-refractivity contribution in [2.45, 2.75) is 32.7 Å². The van der Waals surface area contributed by atoms with E-state index in [9.17, 15) is 14.4 Å². The van der Waals surface area contributed by atoms with Crippen LogP contribution in [0.15, 0.2) is 48.5 Å². The Labute approximate surface area is 195 Å². The summed E-state index contributed by atoms with van der Waals surface area (Å²) in [5.74, 6) is -0.560. The third-order valence-corrected chi connectivity index (χ3v) is 6.16. The number of aryl methyl sites for hydroxylation is 2. The van der Waals surface area contributed by atoms with E-state index >= 15 is 0 Å². The molecule has 0 radical (unpaired) electrons. The number of nitrogens with zero attached hydrogens (tertiary/aromatic N) is 1. The second kappa shape index (κ2) is 11.6. The normalized spacial score (nSPS) is 15.1. The van der Waals surface area contributed by atoms with E-state index in [0.29, 0.717) is 50.2 Å². The molecule has 7 heteroatoms. The molecule has 3 amide bonds. The van der Waals surface area contributed by atoms with Crippen molar-refractivity contribution in [2.24, 2.45) is 5.92 Å².